The number of rotatable bonds is 6. The minimum Gasteiger partial charge on any atom is -0.344 e. The van der Waals surface area contributed by atoms with Crippen molar-refractivity contribution in [2.24, 2.45) is 17.1 Å². The third-order valence-electron chi connectivity index (χ3n) is 6.94. The summed E-state index contributed by atoms with van der Waals surface area (Å²) >= 11 is 0. The van der Waals surface area contributed by atoms with Gasteiger partial charge in [0.25, 0.3) is 0 Å². The number of nitrogens with zero attached hydrogens (tertiary/aromatic N) is 4. The van der Waals surface area contributed by atoms with Crippen LogP contribution in [-0.4, -0.2) is 64.2 Å². The molecule has 0 aromatic carbocycles. The number of halogens is 5. The lowest BCUT2D eigenvalue weighted by Gasteiger charge is -2.31. The van der Waals surface area contributed by atoms with Gasteiger partial charge >= 0.3 is 6.18 Å². The van der Waals surface area contributed by atoms with Crippen molar-refractivity contribution in [3.63, 3.8) is 0 Å². The molecule has 2 aromatic heterocycles. The lowest BCUT2D eigenvalue weighted by molar-refractivity contribution is -0.155. The molecule has 1 unspecified atom stereocenters. The highest BCUT2D eigenvalue weighted by atomic mass is 19.4. The Morgan fingerprint density at radius 2 is 1.97 bits per heavy atom. The molecule has 2 fully saturated rings. The number of nitrogens with one attached hydrogen (secondary N) is 1. The molecule has 0 radical (unpaired) electrons. The number of alkyl halides is 5. The summed E-state index contributed by atoms with van der Waals surface area (Å²) < 4.78 is 68.5. The van der Waals surface area contributed by atoms with Gasteiger partial charge in [0.15, 0.2) is 5.65 Å². The SMILES string of the molecule is CN(C)CC1(Cc2cnn3cc([C@@H](N)C4CCC(F)(F)CC4)nc3c2)C[C@@H](C(F)(F)F)NC1=O. The fraction of sp³-hybridized carbons (Fsp3) is 0.682. The molecular weight excluding hydrogens is 459 g/mol. The number of hydrogen-bond acceptors (Lipinski definition) is 5. The van der Waals surface area contributed by atoms with Gasteiger partial charge in [-0.1, -0.05) is 0 Å². The first-order chi connectivity index (χ1) is 15.8. The number of carbonyl (C=O) groups is 1. The maximum absolute atomic E-state index is 13.5. The molecule has 188 valence electrons. The molecular formula is C22H29F5N6O. The smallest absolute Gasteiger partial charge is 0.344 e. The summed E-state index contributed by atoms with van der Waals surface area (Å²) in [6, 6.07) is -0.728. The fourth-order valence-corrected chi connectivity index (χ4v) is 5.24. The van der Waals surface area contributed by atoms with Gasteiger partial charge in [-0.2, -0.15) is 18.3 Å². The standard InChI is InChI=1S/C22H29F5N6O/c1-32(2)12-20(9-16(22(25,26)27)31-19(20)34)8-13-7-17-30-15(11-33(17)29-10-13)18(28)14-3-5-21(23,24)6-4-14/h7,10-11,14,16,18H,3-6,8-9,12,28H2,1-2H3,(H,31,34)/t16-,18-,20?/m0/s1. The molecule has 4 rings (SSSR count). The molecule has 0 spiro atoms. The van der Waals surface area contributed by atoms with E-state index in [4.69, 9.17) is 5.73 Å². The van der Waals surface area contributed by atoms with Crippen LogP contribution in [0.5, 0.6) is 0 Å². The number of hydrogen-bond donors (Lipinski definition) is 2. The van der Waals surface area contributed by atoms with Crippen LogP contribution >= 0.6 is 0 Å². The van der Waals surface area contributed by atoms with E-state index in [0.29, 0.717) is 29.7 Å². The van der Waals surface area contributed by atoms with E-state index in [2.05, 4.69) is 15.4 Å². The Morgan fingerprint density at radius 1 is 1.29 bits per heavy atom. The van der Waals surface area contributed by atoms with Crippen molar-refractivity contribution in [1.29, 1.82) is 0 Å². The summed E-state index contributed by atoms with van der Waals surface area (Å²) in [5, 5.41) is 6.42. The zero-order valence-corrected chi connectivity index (χ0v) is 19.1. The van der Waals surface area contributed by atoms with Crippen LogP contribution in [0.25, 0.3) is 5.65 Å². The van der Waals surface area contributed by atoms with Crippen LogP contribution in [0.15, 0.2) is 18.5 Å². The van der Waals surface area contributed by atoms with Crippen molar-refractivity contribution in [2.45, 2.75) is 62.7 Å². The predicted molar refractivity (Wildman–Crippen MR) is 114 cm³/mol. The van der Waals surface area contributed by atoms with Gasteiger partial charge in [0, 0.05) is 19.4 Å². The largest absolute Gasteiger partial charge is 0.408 e. The quantitative estimate of drug-likeness (QED) is 0.611. The van der Waals surface area contributed by atoms with E-state index in [1.54, 1.807) is 31.3 Å². The Labute approximate surface area is 193 Å². The summed E-state index contributed by atoms with van der Waals surface area (Å²) in [5.41, 5.74) is 6.61. The van der Waals surface area contributed by atoms with Crippen molar-refractivity contribution in [3.8, 4) is 0 Å². The minimum atomic E-state index is -4.52. The molecule has 1 saturated heterocycles. The van der Waals surface area contributed by atoms with Crippen LogP contribution in [0.3, 0.4) is 0 Å². The average molecular weight is 489 g/mol. The van der Waals surface area contributed by atoms with Crippen LogP contribution in [-0.2, 0) is 11.2 Å². The number of fused-ring (bicyclic) bond motifs is 1. The normalized spacial score (nSPS) is 26.9. The highest BCUT2D eigenvalue weighted by molar-refractivity contribution is 5.86. The summed E-state index contributed by atoms with van der Waals surface area (Å²) in [5.74, 6) is -3.40. The molecule has 1 saturated carbocycles. The van der Waals surface area contributed by atoms with E-state index in [1.165, 1.54) is 10.7 Å². The van der Waals surface area contributed by atoms with E-state index >= 15 is 0 Å². The van der Waals surface area contributed by atoms with E-state index in [-0.39, 0.29) is 38.1 Å². The summed E-state index contributed by atoms with van der Waals surface area (Å²) in [7, 11) is 3.42. The van der Waals surface area contributed by atoms with E-state index in [0.717, 1.165) is 0 Å². The van der Waals surface area contributed by atoms with Crippen molar-refractivity contribution >= 4 is 11.6 Å². The zero-order valence-electron chi connectivity index (χ0n) is 19.1. The summed E-state index contributed by atoms with van der Waals surface area (Å²) in [6.45, 7) is 0.146. The van der Waals surface area contributed by atoms with Crippen molar-refractivity contribution in [2.75, 3.05) is 20.6 Å². The second kappa shape index (κ2) is 8.71. The van der Waals surface area contributed by atoms with Gasteiger partial charge < -0.3 is 16.0 Å². The maximum Gasteiger partial charge on any atom is 0.408 e. The van der Waals surface area contributed by atoms with E-state index in [9.17, 15) is 26.7 Å². The Hall–Kier alpha value is -2.34. The van der Waals surface area contributed by atoms with Gasteiger partial charge in [-0.05, 0) is 57.3 Å². The summed E-state index contributed by atoms with van der Waals surface area (Å²) in [4.78, 5) is 18.9. The molecule has 34 heavy (non-hydrogen) atoms. The molecule has 2 aliphatic rings. The third-order valence-corrected chi connectivity index (χ3v) is 6.94. The lowest BCUT2D eigenvalue weighted by Crippen LogP contribution is -2.42. The predicted octanol–water partition coefficient (Wildman–Crippen LogP) is 3.10. The zero-order chi connectivity index (χ0) is 24.9. The van der Waals surface area contributed by atoms with E-state index < -0.39 is 35.5 Å². The van der Waals surface area contributed by atoms with Crippen molar-refractivity contribution < 1.29 is 26.7 Å². The van der Waals surface area contributed by atoms with Crippen molar-refractivity contribution in [3.05, 3.63) is 29.7 Å². The molecule has 12 heteroatoms. The van der Waals surface area contributed by atoms with Gasteiger partial charge in [0.1, 0.15) is 6.04 Å². The van der Waals surface area contributed by atoms with Gasteiger partial charge in [0.2, 0.25) is 11.8 Å². The second-order valence-corrected chi connectivity index (χ2v) is 10.0. The van der Waals surface area contributed by atoms with Gasteiger partial charge in [-0.3, -0.25) is 4.79 Å². The van der Waals surface area contributed by atoms with Crippen LogP contribution in [0, 0.1) is 11.3 Å². The van der Waals surface area contributed by atoms with Gasteiger partial charge in [0.05, 0.1) is 29.5 Å². The van der Waals surface area contributed by atoms with Gasteiger partial charge in [-0.15, -0.1) is 0 Å². The molecule has 1 amide bonds. The molecule has 3 N–H and O–H groups in total. The first kappa shape index (κ1) is 24.8. The van der Waals surface area contributed by atoms with E-state index in [1.807, 2.05) is 0 Å². The van der Waals surface area contributed by atoms with Crippen LogP contribution in [0.1, 0.15) is 49.4 Å². The first-order valence-corrected chi connectivity index (χ1v) is 11.3. The Kier molecular flexibility index (Phi) is 6.34. The first-order valence-electron chi connectivity index (χ1n) is 11.3. The molecule has 2 aromatic rings. The van der Waals surface area contributed by atoms with Crippen molar-refractivity contribution in [1.82, 2.24) is 24.8 Å². The molecule has 7 nitrogen and oxygen atoms in total. The third kappa shape index (κ3) is 5.02. The monoisotopic (exact) mass is 488 g/mol. The Balaban J connectivity index is 1.55. The number of imidazole rings is 1. The summed E-state index contributed by atoms with van der Waals surface area (Å²) in [6.07, 6.45) is -1.44. The second-order valence-electron chi connectivity index (χ2n) is 10.0. The number of amides is 1. The molecule has 1 aliphatic heterocycles. The fourth-order valence-electron chi connectivity index (χ4n) is 5.24. The topological polar surface area (TPSA) is 88.6 Å². The van der Waals surface area contributed by atoms with Crippen LogP contribution in [0.2, 0.25) is 0 Å². The molecule has 3 heterocycles. The number of nitrogens with two attached hydrogens (primary N) is 1. The Morgan fingerprint density at radius 3 is 2.56 bits per heavy atom. The molecule has 1 aliphatic carbocycles. The average Bonchev–Trinajstić information content (AvgIpc) is 3.28. The number of carbonyl (C=O) groups excluding carboxylic acids is 1. The molecule has 3 atom stereocenters. The Bertz CT molecular complexity index is 1040. The number of aromatic nitrogens is 3. The minimum absolute atomic E-state index is 0.0685. The highest BCUT2D eigenvalue weighted by Gasteiger charge is 2.55. The lowest BCUT2D eigenvalue weighted by atomic mass is 9.78. The highest BCUT2D eigenvalue weighted by Crippen LogP contribution is 2.41. The van der Waals surface area contributed by atoms with Gasteiger partial charge in [-0.25, -0.2) is 18.3 Å². The van der Waals surface area contributed by atoms with Crippen LogP contribution < -0.4 is 11.1 Å². The maximum atomic E-state index is 13.5. The van der Waals surface area contributed by atoms with Crippen LogP contribution in [0.4, 0.5) is 22.0 Å². The molecule has 0 bridgehead atoms.